The zero-order valence-electron chi connectivity index (χ0n) is 11.8. The average Bonchev–Trinajstić information content (AvgIpc) is 2.47. The molecule has 0 aromatic heterocycles. The number of nitrogens with zero attached hydrogens (tertiary/aromatic N) is 1. The number of nitrogens with two attached hydrogens (primary N) is 1. The van der Waals surface area contributed by atoms with Gasteiger partial charge in [0.15, 0.2) is 11.5 Å². The van der Waals surface area contributed by atoms with E-state index in [1.54, 1.807) is 0 Å². The molecule has 5 nitrogen and oxygen atoms in total. The van der Waals surface area contributed by atoms with Crippen LogP contribution >= 0.6 is 0 Å². The molecule has 1 aromatic carbocycles. The van der Waals surface area contributed by atoms with Crippen LogP contribution in [-0.2, 0) is 4.74 Å². The molecule has 0 saturated carbocycles. The molecule has 110 valence electrons. The topological polar surface area (TPSA) is 57.0 Å². The van der Waals surface area contributed by atoms with E-state index in [-0.39, 0.29) is 18.2 Å². The van der Waals surface area contributed by atoms with Crippen molar-refractivity contribution in [3.05, 3.63) is 24.3 Å². The first-order chi connectivity index (χ1) is 9.72. The number of benzene rings is 1. The molecule has 3 rings (SSSR count). The summed E-state index contributed by atoms with van der Waals surface area (Å²) in [7, 11) is 0. The molecule has 2 heterocycles. The van der Waals surface area contributed by atoms with E-state index in [1.165, 1.54) is 0 Å². The minimum absolute atomic E-state index is 0.0575. The van der Waals surface area contributed by atoms with Gasteiger partial charge < -0.3 is 19.9 Å². The van der Waals surface area contributed by atoms with Crippen LogP contribution in [0.25, 0.3) is 0 Å². The van der Waals surface area contributed by atoms with Gasteiger partial charge in [0.2, 0.25) is 0 Å². The van der Waals surface area contributed by atoms with Crippen LogP contribution in [0.4, 0.5) is 0 Å². The second-order valence-electron chi connectivity index (χ2n) is 5.53. The van der Waals surface area contributed by atoms with Gasteiger partial charge in [-0.2, -0.15) is 0 Å². The maximum Gasteiger partial charge on any atom is 0.161 e. The predicted octanol–water partition coefficient (Wildman–Crippen LogP) is 0.874. The van der Waals surface area contributed by atoms with E-state index in [0.717, 1.165) is 37.7 Å². The summed E-state index contributed by atoms with van der Waals surface area (Å²) in [6.07, 6.45) is 0.178. The Labute approximate surface area is 119 Å². The summed E-state index contributed by atoms with van der Waals surface area (Å²) in [4.78, 5) is 2.35. The molecule has 5 heteroatoms. The lowest BCUT2D eigenvalue weighted by molar-refractivity contribution is -0.0518. The lowest BCUT2D eigenvalue weighted by Crippen LogP contribution is -2.52. The molecule has 2 aliphatic rings. The summed E-state index contributed by atoms with van der Waals surface area (Å²) in [6.45, 7) is 5.95. The second-order valence-corrected chi connectivity index (χ2v) is 5.53. The van der Waals surface area contributed by atoms with Crippen LogP contribution in [0.1, 0.15) is 6.92 Å². The van der Waals surface area contributed by atoms with E-state index >= 15 is 0 Å². The first-order valence-corrected chi connectivity index (χ1v) is 7.20. The molecule has 3 unspecified atom stereocenters. The zero-order chi connectivity index (χ0) is 13.9. The van der Waals surface area contributed by atoms with Crippen molar-refractivity contribution in [1.82, 2.24) is 4.90 Å². The fraction of sp³-hybridized carbons (Fsp3) is 0.600. The average molecular weight is 278 g/mol. The number of morpholine rings is 1. The van der Waals surface area contributed by atoms with Gasteiger partial charge in [-0.1, -0.05) is 12.1 Å². The number of ether oxygens (including phenoxy) is 3. The van der Waals surface area contributed by atoms with Gasteiger partial charge in [0.05, 0.1) is 12.7 Å². The van der Waals surface area contributed by atoms with Crippen LogP contribution in [0, 0.1) is 0 Å². The first kappa shape index (κ1) is 13.7. The van der Waals surface area contributed by atoms with E-state index in [2.05, 4.69) is 4.90 Å². The minimum atomic E-state index is 0.0575. The third kappa shape index (κ3) is 3.06. The highest BCUT2D eigenvalue weighted by Crippen LogP contribution is 2.31. The molecule has 0 radical (unpaired) electrons. The van der Waals surface area contributed by atoms with Crippen LogP contribution in [0.5, 0.6) is 11.5 Å². The quantitative estimate of drug-likeness (QED) is 0.889. The molecular formula is C15H22N2O3. The van der Waals surface area contributed by atoms with Gasteiger partial charge in [-0.05, 0) is 19.1 Å². The van der Waals surface area contributed by atoms with Crippen LogP contribution < -0.4 is 15.2 Å². The number of hydrogen-bond acceptors (Lipinski definition) is 5. The van der Waals surface area contributed by atoms with Crippen LogP contribution in [0.3, 0.4) is 0 Å². The maximum absolute atomic E-state index is 5.99. The molecule has 0 amide bonds. The van der Waals surface area contributed by atoms with E-state index in [9.17, 15) is 0 Å². The van der Waals surface area contributed by atoms with Crippen molar-refractivity contribution in [2.24, 2.45) is 5.73 Å². The summed E-state index contributed by atoms with van der Waals surface area (Å²) in [6, 6.07) is 7.86. The predicted molar refractivity (Wildman–Crippen MR) is 76.2 cm³/mol. The number of fused-ring (bicyclic) bond motifs is 1. The Morgan fingerprint density at radius 3 is 2.95 bits per heavy atom. The summed E-state index contributed by atoms with van der Waals surface area (Å²) < 4.78 is 17.4. The van der Waals surface area contributed by atoms with Crippen LogP contribution in [0.2, 0.25) is 0 Å². The van der Waals surface area contributed by atoms with E-state index < -0.39 is 0 Å². The minimum Gasteiger partial charge on any atom is -0.486 e. The molecule has 2 aliphatic heterocycles. The standard InChI is InChI=1S/C15H22N2O3/c1-11(16)15-9-17(6-7-18-15)8-12-10-19-13-4-2-3-5-14(13)20-12/h2-5,11-12,15H,6-10,16H2,1H3. The van der Waals surface area contributed by atoms with Crippen molar-refractivity contribution in [3.8, 4) is 11.5 Å². The first-order valence-electron chi connectivity index (χ1n) is 7.20. The summed E-state index contributed by atoms with van der Waals surface area (Å²) in [5.74, 6) is 1.67. The maximum atomic E-state index is 5.99. The van der Waals surface area contributed by atoms with Gasteiger partial charge in [0, 0.05) is 25.7 Å². The highest BCUT2D eigenvalue weighted by Gasteiger charge is 2.28. The normalized spacial score (nSPS) is 28.1. The van der Waals surface area contributed by atoms with Gasteiger partial charge in [0.1, 0.15) is 12.7 Å². The van der Waals surface area contributed by atoms with Crippen molar-refractivity contribution in [3.63, 3.8) is 0 Å². The van der Waals surface area contributed by atoms with Crippen molar-refractivity contribution < 1.29 is 14.2 Å². The van der Waals surface area contributed by atoms with Crippen molar-refractivity contribution in [1.29, 1.82) is 0 Å². The van der Waals surface area contributed by atoms with Gasteiger partial charge in [-0.3, -0.25) is 4.90 Å². The Morgan fingerprint density at radius 2 is 2.15 bits per heavy atom. The van der Waals surface area contributed by atoms with Gasteiger partial charge in [-0.15, -0.1) is 0 Å². The third-order valence-corrected chi connectivity index (χ3v) is 3.79. The van der Waals surface area contributed by atoms with Crippen LogP contribution in [0.15, 0.2) is 24.3 Å². The lowest BCUT2D eigenvalue weighted by atomic mass is 10.1. The molecule has 1 saturated heterocycles. The third-order valence-electron chi connectivity index (χ3n) is 3.79. The monoisotopic (exact) mass is 278 g/mol. The molecule has 1 aromatic rings. The molecule has 1 fully saturated rings. The van der Waals surface area contributed by atoms with Gasteiger partial charge in [-0.25, -0.2) is 0 Å². The van der Waals surface area contributed by atoms with Crippen molar-refractivity contribution in [2.75, 3.05) is 32.8 Å². The van der Waals surface area contributed by atoms with Gasteiger partial charge in [0.25, 0.3) is 0 Å². The van der Waals surface area contributed by atoms with Gasteiger partial charge >= 0.3 is 0 Å². The Bertz CT molecular complexity index is 452. The number of para-hydroxylation sites is 2. The van der Waals surface area contributed by atoms with Crippen molar-refractivity contribution >= 4 is 0 Å². The van der Waals surface area contributed by atoms with E-state index in [0.29, 0.717) is 6.61 Å². The fourth-order valence-electron chi connectivity index (χ4n) is 2.66. The smallest absolute Gasteiger partial charge is 0.161 e. The Balaban J connectivity index is 1.57. The summed E-state index contributed by atoms with van der Waals surface area (Å²) in [5.41, 5.74) is 5.92. The fourth-order valence-corrected chi connectivity index (χ4v) is 2.66. The Morgan fingerprint density at radius 1 is 1.35 bits per heavy atom. The Hall–Kier alpha value is -1.30. The zero-order valence-corrected chi connectivity index (χ0v) is 11.8. The second kappa shape index (κ2) is 5.99. The highest BCUT2D eigenvalue weighted by atomic mass is 16.6. The van der Waals surface area contributed by atoms with Crippen LogP contribution in [-0.4, -0.2) is 56.0 Å². The molecule has 3 atom stereocenters. The van der Waals surface area contributed by atoms with Crippen molar-refractivity contribution in [2.45, 2.75) is 25.2 Å². The molecule has 2 N–H and O–H groups in total. The molecular weight excluding hydrogens is 256 g/mol. The molecule has 0 bridgehead atoms. The lowest BCUT2D eigenvalue weighted by Gasteiger charge is -2.37. The SMILES string of the molecule is CC(N)C1CN(CC2COc3ccccc3O2)CCO1. The molecule has 0 spiro atoms. The highest BCUT2D eigenvalue weighted by molar-refractivity contribution is 5.40. The van der Waals surface area contributed by atoms with E-state index in [1.807, 2.05) is 31.2 Å². The Kier molecular flexibility index (Phi) is 4.10. The molecule has 20 heavy (non-hydrogen) atoms. The summed E-state index contributed by atoms with van der Waals surface area (Å²) in [5, 5.41) is 0. The summed E-state index contributed by atoms with van der Waals surface area (Å²) >= 11 is 0. The number of hydrogen-bond donors (Lipinski definition) is 1. The largest absolute Gasteiger partial charge is 0.486 e. The van der Waals surface area contributed by atoms with E-state index in [4.69, 9.17) is 19.9 Å². The molecule has 0 aliphatic carbocycles. The number of rotatable bonds is 3.